The number of aromatic nitrogens is 2. The zero-order chi connectivity index (χ0) is 15.0. The van der Waals surface area contributed by atoms with Crippen molar-refractivity contribution in [3.63, 3.8) is 0 Å². The number of nitrogens with zero attached hydrogens (tertiary/aromatic N) is 3. The molecule has 1 atom stereocenters. The van der Waals surface area contributed by atoms with Crippen molar-refractivity contribution in [2.24, 2.45) is 0 Å². The molecule has 1 amide bonds. The first kappa shape index (κ1) is 14.3. The summed E-state index contributed by atoms with van der Waals surface area (Å²) in [6, 6.07) is 0.227. The molecule has 1 fully saturated rings. The molecule has 1 aliphatic rings. The molecule has 1 saturated heterocycles. The predicted molar refractivity (Wildman–Crippen MR) is 84.9 cm³/mol. The highest BCUT2D eigenvalue weighted by atomic mass is 32.1. The Labute approximate surface area is 128 Å². The number of fused-ring (bicyclic) bond motifs is 1. The molecule has 0 aromatic carbocycles. The smallest absolute Gasteiger partial charge is 0.242 e. The minimum Gasteiger partial charge on any atom is -0.353 e. The van der Waals surface area contributed by atoms with Gasteiger partial charge >= 0.3 is 0 Å². The molecule has 0 aliphatic carbocycles. The third-order valence-electron chi connectivity index (χ3n) is 3.79. The molecule has 1 aliphatic heterocycles. The highest BCUT2D eigenvalue weighted by Gasteiger charge is 2.29. The van der Waals surface area contributed by atoms with Gasteiger partial charge in [0.15, 0.2) is 10.8 Å². The van der Waals surface area contributed by atoms with Crippen LogP contribution in [-0.2, 0) is 11.3 Å². The average Bonchev–Trinajstić information content (AvgIpc) is 3.00. The van der Waals surface area contributed by atoms with Crippen LogP contribution in [0, 0.1) is 0 Å². The fourth-order valence-corrected chi connectivity index (χ4v) is 3.32. The Bertz CT molecular complexity index is 647. The standard InChI is InChI=1S/C14H21N5OS/c1-9(2)16-8-11-12(17-14-19(11)6-7-21-14)18-5-4-15-13(20)10(18)3/h6-7,9-10,16H,4-5,8H2,1-3H3,(H,15,20). The first-order valence-corrected chi connectivity index (χ1v) is 8.18. The molecule has 0 radical (unpaired) electrons. The van der Waals surface area contributed by atoms with Gasteiger partial charge in [-0.1, -0.05) is 13.8 Å². The topological polar surface area (TPSA) is 61.7 Å². The number of amides is 1. The molecular weight excluding hydrogens is 286 g/mol. The van der Waals surface area contributed by atoms with Crippen molar-refractivity contribution in [3.05, 3.63) is 17.3 Å². The number of hydrogen-bond donors (Lipinski definition) is 2. The second kappa shape index (κ2) is 5.65. The molecule has 3 heterocycles. The fraction of sp³-hybridized carbons (Fsp3) is 0.571. The lowest BCUT2D eigenvalue weighted by atomic mass is 10.2. The van der Waals surface area contributed by atoms with Gasteiger partial charge in [-0.25, -0.2) is 4.98 Å². The first-order chi connectivity index (χ1) is 10.1. The number of carbonyl (C=O) groups excluding carboxylic acids is 1. The Balaban J connectivity index is 1.98. The Kier molecular flexibility index (Phi) is 3.86. The van der Waals surface area contributed by atoms with Crippen molar-refractivity contribution >= 4 is 28.0 Å². The maximum Gasteiger partial charge on any atom is 0.242 e. The number of rotatable bonds is 4. The molecule has 3 rings (SSSR count). The third kappa shape index (κ3) is 2.63. The summed E-state index contributed by atoms with van der Waals surface area (Å²) in [6.45, 7) is 8.40. The van der Waals surface area contributed by atoms with Crippen molar-refractivity contribution in [2.45, 2.75) is 39.4 Å². The predicted octanol–water partition coefficient (Wildman–Crippen LogP) is 1.22. The SMILES string of the molecule is CC(C)NCc1c(N2CCNC(=O)C2C)nc2sccn12. The summed E-state index contributed by atoms with van der Waals surface area (Å²) in [5.74, 6) is 0.998. The van der Waals surface area contributed by atoms with Gasteiger partial charge < -0.3 is 15.5 Å². The van der Waals surface area contributed by atoms with Crippen LogP contribution in [0.5, 0.6) is 0 Å². The van der Waals surface area contributed by atoms with Gasteiger partial charge in [-0.2, -0.15) is 0 Å². The quantitative estimate of drug-likeness (QED) is 0.891. The van der Waals surface area contributed by atoms with Gasteiger partial charge in [-0.05, 0) is 6.92 Å². The lowest BCUT2D eigenvalue weighted by Crippen LogP contribution is -2.54. The van der Waals surface area contributed by atoms with E-state index in [-0.39, 0.29) is 11.9 Å². The number of piperazine rings is 1. The Hall–Kier alpha value is -1.60. The molecule has 114 valence electrons. The van der Waals surface area contributed by atoms with Crippen LogP contribution in [0.15, 0.2) is 11.6 Å². The summed E-state index contributed by atoms with van der Waals surface area (Å²) >= 11 is 1.62. The van der Waals surface area contributed by atoms with Gasteiger partial charge in [0.25, 0.3) is 0 Å². The number of carbonyl (C=O) groups is 1. The number of nitrogens with one attached hydrogen (secondary N) is 2. The van der Waals surface area contributed by atoms with Gasteiger partial charge in [0.1, 0.15) is 6.04 Å². The lowest BCUT2D eigenvalue weighted by molar-refractivity contribution is -0.122. The van der Waals surface area contributed by atoms with E-state index in [1.54, 1.807) is 11.3 Å². The van der Waals surface area contributed by atoms with E-state index in [9.17, 15) is 4.79 Å². The van der Waals surface area contributed by atoms with E-state index in [1.165, 1.54) is 0 Å². The Morgan fingerprint density at radius 3 is 3.14 bits per heavy atom. The van der Waals surface area contributed by atoms with Crippen molar-refractivity contribution < 1.29 is 4.79 Å². The third-order valence-corrected chi connectivity index (χ3v) is 4.55. The zero-order valence-corrected chi connectivity index (χ0v) is 13.4. The van der Waals surface area contributed by atoms with Gasteiger partial charge in [-0.3, -0.25) is 9.20 Å². The van der Waals surface area contributed by atoms with Crippen LogP contribution in [-0.4, -0.2) is 40.5 Å². The van der Waals surface area contributed by atoms with E-state index in [2.05, 4.69) is 33.8 Å². The molecule has 1 unspecified atom stereocenters. The highest BCUT2D eigenvalue weighted by molar-refractivity contribution is 7.15. The summed E-state index contributed by atoms with van der Waals surface area (Å²) in [5, 5.41) is 8.39. The van der Waals surface area contributed by atoms with E-state index in [4.69, 9.17) is 4.98 Å². The molecule has 2 N–H and O–H groups in total. The van der Waals surface area contributed by atoms with Crippen LogP contribution in [0.2, 0.25) is 0 Å². The van der Waals surface area contributed by atoms with Gasteiger partial charge in [-0.15, -0.1) is 11.3 Å². The molecule has 0 spiro atoms. The monoisotopic (exact) mass is 307 g/mol. The highest BCUT2D eigenvalue weighted by Crippen LogP contribution is 2.27. The maximum atomic E-state index is 11.9. The summed E-state index contributed by atoms with van der Waals surface area (Å²) in [4.78, 5) is 19.7. The van der Waals surface area contributed by atoms with Crippen LogP contribution < -0.4 is 15.5 Å². The molecule has 2 aromatic heterocycles. The van der Waals surface area contributed by atoms with Gasteiger partial charge in [0.2, 0.25) is 5.91 Å². The number of imidazole rings is 1. The van der Waals surface area contributed by atoms with E-state index in [0.717, 1.165) is 29.6 Å². The van der Waals surface area contributed by atoms with Crippen molar-refractivity contribution in [1.29, 1.82) is 0 Å². The van der Waals surface area contributed by atoms with Crippen LogP contribution in [0.3, 0.4) is 0 Å². The average molecular weight is 307 g/mol. The first-order valence-electron chi connectivity index (χ1n) is 7.30. The normalized spacial score (nSPS) is 19.5. The Morgan fingerprint density at radius 2 is 2.38 bits per heavy atom. The maximum absolute atomic E-state index is 11.9. The van der Waals surface area contributed by atoms with Crippen LogP contribution in [0.25, 0.3) is 4.96 Å². The summed E-state index contributed by atoms with van der Waals surface area (Å²) in [5.41, 5.74) is 1.13. The summed E-state index contributed by atoms with van der Waals surface area (Å²) in [7, 11) is 0. The second-order valence-electron chi connectivity index (χ2n) is 5.63. The van der Waals surface area contributed by atoms with Crippen LogP contribution in [0.4, 0.5) is 5.82 Å². The largest absolute Gasteiger partial charge is 0.353 e. The molecule has 7 heteroatoms. The molecule has 6 nitrogen and oxygen atoms in total. The Morgan fingerprint density at radius 1 is 1.57 bits per heavy atom. The van der Waals surface area contributed by atoms with E-state index < -0.39 is 0 Å². The van der Waals surface area contributed by atoms with Gasteiger partial charge in [0, 0.05) is 37.3 Å². The minimum atomic E-state index is -0.179. The molecule has 21 heavy (non-hydrogen) atoms. The van der Waals surface area contributed by atoms with Crippen molar-refractivity contribution in [3.8, 4) is 0 Å². The lowest BCUT2D eigenvalue weighted by Gasteiger charge is -2.33. The van der Waals surface area contributed by atoms with Crippen molar-refractivity contribution in [2.75, 3.05) is 18.0 Å². The van der Waals surface area contributed by atoms with Crippen LogP contribution >= 0.6 is 11.3 Å². The molecular formula is C14H21N5OS. The number of thiazole rings is 1. The van der Waals surface area contributed by atoms with Gasteiger partial charge in [0.05, 0.1) is 5.69 Å². The summed E-state index contributed by atoms with van der Waals surface area (Å²) < 4.78 is 2.12. The number of anilines is 1. The van der Waals surface area contributed by atoms with Crippen LogP contribution in [0.1, 0.15) is 26.5 Å². The fourth-order valence-electron chi connectivity index (χ4n) is 2.59. The second-order valence-corrected chi connectivity index (χ2v) is 6.51. The minimum absolute atomic E-state index is 0.0698. The zero-order valence-electron chi connectivity index (χ0n) is 12.6. The molecule has 0 bridgehead atoms. The van der Waals surface area contributed by atoms with Crippen molar-refractivity contribution in [1.82, 2.24) is 20.0 Å². The molecule has 2 aromatic rings. The van der Waals surface area contributed by atoms with E-state index in [1.807, 2.05) is 18.5 Å². The summed E-state index contributed by atoms with van der Waals surface area (Å²) in [6.07, 6.45) is 2.04. The molecule has 0 saturated carbocycles. The number of hydrogen-bond acceptors (Lipinski definition) is 5. The van der Waals surface area contributed by atoms with E-state index >= 15 is 0 Å². The van der Waals surface area contributed by atoms with E-state index in [0.29, 0.717) is 12.6 Å².